The second-order valence-electron chi connectivity index (χ2n) is 6.87. The molecule has 6 nitrogen and oxygen atoms in total. The zero-order valence-corrected chi connectivity index (χ0v) is 17.3. The second kappa shape index (κ2) is 7.81. The maximum Gasteiger partial charge on any atom is 0.243 e. The number of nitrogens with zero attached hydrogens (tertiary/aromatic N) is 1. The molecule has 28 heavy (non-hydrogen) atoms. The first-order valence-electron chi connectivity index (χ1n) is 8.74. The zero-order valence-electron chi connectivity index (χ0n) is 15.6. The molecule has 0 aromatic heterocycles. The molecule has 0 unspecified atom stereocenters. The summed E-state index contributed by atoms with van der Waals surface area (Å²) >= 11 is 0. The zero-order chi connectivity index (χ0) is 20.5. The van der Waals surface area contributed by atoms with E-state index in [1.54, 1.807) is 24.3 Å². The SMILES string of the molecule is COc1ccc(CN([C@@H]2CCS(=O)(=O)C2)S(=O)(=O)c2ccc(F)cc2C)cc1. The summed E-state index contributed by atoms with van der Waals surface area (Å²) in [6.07, 6.45) is 0.234. The van der Waals surface area contributed by atoms with Crippen molar-refractivity contribution >= 4 is 19.9 Å². The van der Waals surface area contributed by atoms with Crippen molar-refractivity contribution < 1.29 is 26.0 Å². The molecular weight excluding hydrogens is 405 g/mol. The van der Waals surface area contributed by atoms with Gasteiger partial charge in [-0.05, 0) is 54.8 Å². The number of ether oxygens (including phenoxy) is 1. The van der Waals surface area contributed by atoms with E-state index >= 15 is 0 Å². The smallest absolute Gasteiger partial charge is 0.243 e. The quantitative estimate of drug-likeness (QED) is 0.708. The van der Waals surface area contributed by atoms with Crippen LogP contribution in [0.4, 0.5) is 4.39 Å². The normalized spacial score (nSPS) is 19.1. The Hall–Kier alpha value is -1.97. The molecule has 1 aliphatic heterocycles. The lowest BCUT2D eigenvalue weighted by Crippen LogP contribution is -2.40. The van der Waals surface area contributed by atoms with Gasteiger partial charge in [0.25, 0.3) is 0 Å². The van der Waals surface area contributed by atoms with Gasteiger partial charge in [0, 0.05) is 12.6 Å². The second-order valence-corrected chi connectivity index (χ2v) is 11.0. The predicted molar refractivity (Wildman–Crippen MR) is 104 cm³/mol. The van der Waals surface area contributed by atoms with Gasteiger partial charge in [-0.2, -0.15) is 4.31 Å². The van der Waals surface area contributed by atoms with Gasteiger partial charge in [0.15, 0.2) is 9.84 Å². The first kappa shape index (κ1) is 20.8. The van der Waals surface area contributed by atoms with Gasteiger partial charge in [0.05, 0.1) is 23.5 Å². The van der Waals surface area contributed by atoms with Crippen molar-refractivity contribution in [1.82, 2.24) is 4.31 Å². The van der Waals surface area contributed by atoms with E-state index in [0.29, 0.717) is 11.3 Å². The minimum absolute atomic E-state index is 0.0172. The number of benzene rings is 2. The van der Waals surface area contributed by atoms with Crippen molar-refractivity contribution in [3.05, 3.63) is 59.4 Å². The Morgan fingerprint density at radius 1 is 1.18 bits per heavy atom. The molecule has 9 heteroatoms. The van der Waals surface area contributed by atoms with Crippen molar-refractivity contribution in [1.29, 1.82) is 0 Å². The van der Waals surface area contributed by atoms with Crippen LogP contribution in [0.2, 0.25) is 0 Å². The maximum absolute atomic E-state index is 13.5. The van der Waals surface area contributed by atoms with E-state index in [4.69, 9.17) is 4.74 Å². The van der Waals surface area contributed by atoms with Crippen LogP contribution in [0.25, 0.3) is 0 Å². The molecule has 1 heterocycles. The molecule has 2 aromatic rings. The Morgan fingerprint density at radius 2 is 1.86 bits per heavy atom. The molecule has 152 valence electrons. The van der Waals surface area contributed by atoms with Gasteiger partial charge in [0.1, 0.15) is 11.6 Å². The summed E-state index contributed by atoms with van der Waals surface area (Å²) in [7, 11) is -5.78. The summed E-state index contributed by atoms with van der Waals surface area (Å²) in [5.74, 6) is -0.158. The van der Waals surface area contributed by atoms with Crippen LogP contribution in [0.3, 0.4) is 0 Å². The molecule has 1 saturated heterocycles. The summed E-state index contributed by atoms with van der Waals surface area (Å²) in [6.45, 7) is 1.54. The Morgan fingerprint density at radius 3 is 2.39 bits per heavy atom. The van der Waals surface area contributed by atoms with Crippen LogP contribution < -0.4 is 4.74 Å². The third-order valence-electron chi connectivity index (χ3n) is 4.84. The highest BCUT2D eigenvalue weighted by Gasteiger charge is 2.39. The Kier molecular flexibility index (Phi) is 5.79. The molecule has 0 aliphatic carbocycles. The summed E-state index contributed by atoms with van der Waals surface area (Å²) in [4.78, 5) is -0.0216. The number of rotatable bonds is 6. The number of hydrogen-bond acceptors (Lipinski definition) is 5. The average molecular weight is 428 g/mol. The van der Waals surface area contributed by atoms with Crippen LogP contribution in [-0.2, 0) is 26.4 Å². The maximum atomic E-state index is 13.5. The number of sulfonamides is 1. The highest BCUT2D eigenvalue weighted by molar-refractivity contribution is 7.92. The van der Waals surface area contributed by atoms with E-state index in [-0.39, 0.29) is 34.9 Å². The molecule has 3 rings (SSSR count). The molecule has 0 N–H and O–H groups in total. The van der Waals surface area contributed by atoms with E-state index in [1.165, 1.54) is 24.4 Å². The third-order valence-corrected chi connectivity index (χ3v) is 8.65. The number of aryl methyl sites for hydroxylation is 1. The van der Waals surface area contributed by atoms with Crippen LogP contribution in [0.5, 0.6) is 5.75 Å². The van der Waals surface area contributed by atoms with Crippen LogP contribution in [0.1, 0.15) is 17.5 Å². The van der Waals surface area contributed by atoms with Gasteiger partial charge in [-0.25, -0.2) is 21.2 Å². The van der Waals surface area contributed by atoms with E-state index in [0.717, 1.165) is 12.1 Å². The number of hydrogen-bond donors (Lipinski definition) is 0. The van der Waals surface area contributed by atoms with Crippen molar-refractivity contribution in [3.8, 4) is 5.75 Å². The average Bonchev–Trinajstić information content (AvgIpc) is 2.99. The van der Waals surface area contributed by atoms with Gasteiger partial charge >= 0.3 is 0 Å². The minimum atomic E-state index is -4.03. The van der Waals surface area contributed by atoms with Gasteiger partial charge in [0.2, 0.25) is 10.0 Å². The van der Waals surface area contributed by atoms with Crippen molar-refractivity contribution in [2.45, 2.75) is 30.8 Å². The van der Waals surface area contributed by atoms with E-state index in [2.05, 4.69) is 0 Å². The summed E-state index contributed by atoms with van der Waals surface area (Å²) < 4.78 is 70.5. The van der Waals surface area contributed by atoms with Crippen LogP contribution >= 0.6 is 0 Å². The largest absolute Gasteiger partial charge is 0.497 e. The van der Waals surface area contributed by atoms with Crippen LogP contribution in [0, 0.1) is 12.7 Å². The number of halogens is 1. The van der Waals surface area contributed by atoms with Gasteiger partial charge in [-0.3, -0.25) is 0 Å². The van der Waals surface area contributed by atoms with Crippen molar-refractivity contribution in [2.24, 2.45) is 0 Å². The lowest BCUT2D eigenvalue weighted by Gasteiger charge is -2.28. The summed E-state index contributed by atoms with van der Waals surface area (Å²) in [5.41, 5.74) is 0.981. The van der Waals surface area contributed by atoms with E-state index in [1.807, 2.05) is 0 Å². The predicted octanol–water partition coefficient (Wildman–Crippen LogP) is 2.52. The Balaban J connectivity index is 2.01. The van der Waals surface area contributed by atoms with Crippen molar-refractivity contribution in [3.63, 3.8) is 0 Å². The fourth-order valence-corrected chi connectivity index (χ4v) is 7.03. The molecule has 0 spiro atoms. The molecule has 1 aliphatic rings. The Bertz CT molecular complexity index is 1070. The van der Waals surface area contributed by atoms with Gasteiger partial charge in [-0.15, -0.1) is 0 Å². The first-order chi connectivity index (χ1) is 13.1. The van der Waals surface area contributed by atoms with E-state index in [9.17, 15) is 21.2 Å². The van der Waals surface area contributed by atoms with Gasteiger partial charge in [-0.1, -0.05) is 12.1 Å². The monoisotopic (exact) mass is 427 g/mol. The lowest BCUT2D eigenvalue weighted by molar-refractivity contribution is 0.334. The fraction of sp³-hybridized carbons (Fsp3) is 0.368. The summed E-state index contributed by atoms with van der Waals surface area (Å²) in [6, 6.07) is 9.72. The van der Waals surface area contributed by atoms with E-state index < -0.39 is 31.7 Å². The lowest BCUT2D eigenvalue weighted by atomic mass is 10.2. The topological polar surface area (TPSA) is 80.8 Å². The number of sulfone groups is 1. The van der Waals surface area contributed by atoms with Crippen molar-refractivity contribution in [2.75, 3.05) is 18.6 Å². The number of methoxy groups -OCH3 is 1. The molecule has 0 bridgehead atoms. The molecule has 0 radical (unpaired) electrons. The van der Waals surface area contributed by atoms with Crippen LogP contribution in [-0.4, -0.2) is 45.8 Å². The molecule has 1 atom stereocenters. The van der Waals surface area contributed by atoms with Gasteiger partial charge < -0.3 is 4.74 Å². The molecule has 0 amide bonds. The first-order valence-corrected chi connectivity index (χ1v) is 12.0. The fourth-order valence-electron chi connectivity index (χ4n) is 3.35. The summed E-state index contributed by atoms with van der Waals surface area (Å²) in [5, 5.41) is 0. The third kappa shape index (κ3) is 4.37. The standard InChI is InChI=1S/C19H22FNO5S2/c1-14-11-16(20)5-8-19(14)28(24,25)21(17-9-10-27(22,23)13-17)12-15-3-6-18(26-2)7-4-15/h3-8,11,17H,9-10,12-13H2,1-2H3/t17-/m1/s1. The molecule has 0 saturated carbocycles. The molecule has 2 aromatic carbocycles. The molecular formula is C19H22FNO5S2. The highest BCUT2D eigenvalue weighted by atomic mass is 32.2. The minimum Gasteiger partial charge on any atom is -0.497 e. The Labute approximate surface area is 164 Å². The van der Waals surface area contributed by atoms with Crippen LogP contribution in [0.15, 0.2) is 47.4 Å². The highest BCUT2D eigenvalue weighted by Crippen LogP contribution is 2.29. The molecule has 1 fully saturated rings.